The van der Waals surface area contributed by atoms with Gasteiger partial charge >= 0.3 is 12.3 Å². The number of nitrogens with one attached hydrogen (secondary N) is 1. The number of hydrogen-bond acceptors (Lipinski definition) is 1. The first-order valence-corrected chi connectivity index (χ1v) is 3.37. The molecule has 1 heterocycles. The number of halogens is 4. The fourth-order valence-electron chi connectivity index (χ4n) is 1.06. The predicted molar refractivity (Wildman–Crippen MR) is 32.1 cm³/mol. The molecule has 1 N–H and O–H groups in total. The van der Waals surface area contributed by atoms with Gasteiger partial charge in [0.2, 0.25) is 5.91 Å². The van der Waals surface area contributed by atoms with E-state index >= 15 is 0 Å². The number of carbonyl (C=O) groups excluding carboxylic acids is 1. The zero-order valence-corrected chi connectivity index (χ0v) is 5.99. The monoisotopic (exact) mass is 185 g/mol. The number of rotatable bonds is 2. The lowest BCUT2D eigenvalue weighted by Gasteiger charge is -2.20. The quantitative estimate of drug-likeness (QED) is 0.639. The summed E-state index contributed by atoms with van der Waals surface area (Å²) in [6.07, 6.45) is -4.22. The molecule has 0 spiro atoms. The van der Waals surface area contributed by atoms with Gasteiger partial charge in [-0.15, -0.1) is 0 Å². The first-order chi connectivity index (χ1) is 5.44. The topological polar surface area (TPSA) is 29.1 Å². The summed E-state index contributed by atoms with van der Waals surface area (Å²) in [5.41, 5.74) is 0. The van der Waals surface area contributed by atoms with Crippen LogP contribution >= 0.6 is 0 Å². The van der Waals surface area contributed by atoms with Crippen molar-refractivity contribution in [2.45, 2.75) is 18.8 Å². The molecule has 6 heteroatoms. The van der Waals surface area contributed by atoms with Crippen LogP contribution in [0.3, 0.4) is 0 Å². The van der Waals surface area contributed by atoms with E-state index in [9.17, 15) is 22.4 Å². The van der Waals surface area contributed by atoms with Crippen LogP contribution in [-0.2, 0) is 4.79 Å². The van der Waals surface area contributed by atoms with Crippen molar-refractivity contribution in [3.63, 3.8) is 0 Å². The molecule has 0 aromatic heterocycles. The van der Waals surface area contributed by atoms with Gasteiger partial charge in [0.05, 0.1) is 5.92 Å². The molecule has 1 amide bonds. The van der Waals surface area contributed by atoms with Gasteiger partial charge in [-0.3, -0.25) is 4.79 Å². The molecule has 0 radical (unpaired) electrons. The van der Waals surface area contributed by atoms with E-state index in [1.165, 1.54) is 0 Å². The third kappa shape index (κ3) is 1.51. The van der Waals surface area contributed by atoms with Crippen molar-refractivity contribution in [1.29, 1.82) is 0 Å². The standard InChI is InChI=1S/C6H7F4NO/c7-5(8)6(9,10)3-1-4(12)11-2-3/h3,5H,1-2H2,(H,11,12). The highest BCUT2D eigenvalue weighted by Crippen LogP contribution is 2.34. The molecule has 0 saturated carbocycles. The smallest absolute Gasteiger partial charge is 0.312 e. The van der Waals surface area contributed by atoms with Gasteiger partial charge in [0.25, 0.3) is 0 Å². The summed E-state index contributed by atoms with van der Waals surface area (Å²) in [5.74, 6) is -6.22. The van der Waals surface area contributed by atoms with Crippen LogP contribution in [0.5, 0.6) is 0 Å². The average Bonchev–Trinajstić information content (AvgIpc) is 2.35. The Labute approximate surface area is 65.9 Å². The third-order valence-corrected chi connectivity index (χ3v) is 1.81. The van der Waals surface area contributed by atoms with Crippen molar-refractivity contribution in [3.05, 3.63) is 0 Å². The maximum atomic E-state index is 12.5. The highest BCUT2D eigenvalue weighted by Gasteiger charge is 2.51. The van der Waals surface area contributed by atoms with E-state index in [0.29, 0.717) is 0 Å². The Hall–Kier alpha value is -0.810. The molecule has 1 fully saturated rings. The largest absolute Gasteiger partial charge is 0.356 e. The average molecular weight is 185 g/mol. The van der Waals surface area contributed by atoms with Crippen LogP contribution in [0.4, 0.5) is 17.6 Å². The van der Waals surface area contributed by atoms with E-state index in [0.717, 1.165) is 0 Å². The normalized spacial score (nSPS) is 24.8. The first-order valence-electron chi connectivity index (χ1n) is 3.37. The van der Waals surface area contributed by atoms with Crippen LogP contribution in [0.2, 0.25) is 0 Å². The summed E-state index contributed by atoms with van der Waals surface area (Å²) in [5, 5.41) is 2.08. The highest BCUT2D eigenvalue weighted by atomic mass is 19.3. The molecule has 0 bridgehead atoms. The number of hydrogen-bond donors (Lipinski definition) is 1. The number of carbonyl (C=O) groups is 1. The fraction of sp³-hybridized carbons (Fsp3) is 0.833. The van der Waals surface area contributed by atoms with E-state index < -0.39 is 30.6 Å². The van der Waals surface area contributed by atoms with E-state index in [4.69, 9.17) is 0 Å². The van der Waals surface area contributed by atoms with E-state index in [1.54, 1.807) is 0 Å². The van der Waals surface area contributed by atoms with Gasteiger partial charge in [-0.1, -0.05) is 0 Å². The van der Waals surface area contributed by atoms with Crippen molar-refractivity contribution in [1.82, 2.24) is 5.32 Å². The molecule has 1 aliphatic heterocycles. The summed E-state index contributed by atoms with van der Waals surface area (Å²) in [7, 11) is 0. The van der Waals surface area contributed by atoms with E-state index in [-0.39, 0.29) is 6.54 Å². The van der Waals surface area contributed by atoms with Crippen molar-refractivity contribution in [2.24, 2.45) is 5.92 Å². The van der Waals surface area contributed by atoms with Gasteiger partial charge in [-0.2, -0.15) is 8.78 Å². The second-order valence-corrected chi connectivity index (χ2v) is 2.68. The van der Waals surface area contributed by atoms with Crippen LogP contribution in [0, 0.1) is 5.92 Å². The Kier molecular flexibility index (Phi) is 2.25. The molecule has 1 rings (SSSR count). The van der Waals surface area contributed by atoms with Crippen LogP contribution in [0.1, 0.15) is 6.42 Å². The molecule has 1 saturated heterocycles. The molecule has 70 valence electrons. The molecule has 1 atom stereocenters. The molecule has 0 aliphatic carbocycles. The minimum atomic E-state index is -4.06. The van der Waals surface area contributed by atoms with Crippen molar-refractivity contribution >= 4 is 5.91 Å². The van der Waals surface area contributed by atoms with Gasteiger partial charge in [0.1, 0.15) is 0 Å². The van der Waals surface area contributed by atoms with Crippen molar-refractivity contribution in [2.75, 3.05) is 6.54 Å². The first kappa shape index (κ1) is 9.28. The van der Waals surface area contributed by atoms with Gasteiger partial charge < -0.3 is 5.32 Å². The number of amides is 1. The minimum Gasteiger partial charge on any atom is -0.356 e. The highest BCUT2D eigenvalue weighted by molar-refractivity contribution is 5.78. The molecule has 2 nitrogen and oxygen atoms in total. The second-order valence-electron chi connectivity index (χ2n) is 2.68. The molecule has 0 aromatic carbocycles. The second kappa shape index (κ2) is 2.91. The molecule has 1 unspecified atom stereocenters. The summed E-state index contributed by atoms with van der Waals surface area (Å²) >= 11 is 0. The van der Waals surface area contributed by atoms with Crippen LogP contribution in [-0.4, -0.2) is 24.8 Å². The molecular weight excluding hydrogens is 178 g/mol. The summed E-state index contributed by atoms with van der Waals surface area (Å²) in [6.45, 7) is -0.365. The molecule has 1 aliphatic rings. The Morgan fingerprint density at radius 2 is 2.08 bits per heavy atom. The number of alkyl halides is 4. The fourth-order valence-corrected chi connectivity index (χ4v) is 1.06. The molecule has 12 heavy (non-hydrogen) atoms. The van der Waals surface area contributed by atoms with E-state index in [1.807, 2.05) is 0 Å². The third-order valence-electron chi connectivity index (χ3n) is 1.81. The maximum absolute atomic E-state index is 12.5. The van der Waals surface area contributed by atoms with Gasteiger partial charge in [0.15, 0.2) is 0 Å². The van der Waals surface area contributed by atoms with Gasteiger partial charge in [0, 0.05) is 13.0 Å². The van der Waals surface area contributed by atoms with Gasteiger partial charge in [-0.25, -0.2) is 8.78 Å². The van der Waals surface area contributed by atoms with Crippen molar-refractivity contribution < 1.29 is 22.4 Å². The zero-order chi connectivity index (χ0) is 9.35. The van der Waals surface area contributed by atoms with Crippen molar-refractivity contribution in [3.8, 4) is 0 Å². The summed E-state index contributed by atoms with van der Waals surface area (Å²) in [4.78, 5) is 10.4. The summed E-state index contributed by atoms with van der Waals surface area (Å²) in [6, 6.07) is 0. The predicted octanol–water partition coefficient (Wildman–Crippen LogP) is 1.02. The Bertz CT molecular complexity index is 194. The van der Waals surface area contributed by atoms with Gasteiger partial charge in [-0.05, 0) is 0 Å². The minimum absolute atomic E-state index is 0.365. The van der Waals surface area contributed by atoms with Crippen LogP contribution < -0.4 is 5.32 Å². The Morgan fingerprint density at radius 1 is 1.50 bits per heavy atom. The Morgan fingerprint density at radius 3 is 2.42 bits per heavy atom. The van der Waals surface area contributed by atoms with Crippen LogP contribution in [0.15, 0.2) is 0 Å². The lowest BCUT2D eigenvalue weighted by Crippen LogP contribution is -2.37. The zero-order valence-electron chi connectivity index (χ0n) is 5.99. The van der Waals surface area contributed by atoms with Crippen LogP contribution in [0.25, 0.3) is 0 Å². The lowest BCUT2D eigenvalue weighted by molar-refractivity contribution is -0.161. The molecular formula is C6H7F4NO. The SMILES string of the molecule is O=C1CC(C(F)(F)C(F)F)CN1. The van der Waals surface area contributed by atoms with E-state index in [2.05, 4.69) is 5.32 Å². The molecule has 0 aromatic rings. The lowest BCUT2D eigenvalue weighted by atomic mass is 10.0. The maximum Gasteiger partial charge on any atom is 0.312 e. The summed E-state index contributed by atoms with van der Waals surface area (Å²) < 4.78 is 48.4. The Balaban J connectivity index is 2.63.